The molecule has 1 heterocycles. The molecule has 0 bridgehead atoms. The third-order valence-corrected chi connectivity index (χ3v) is 3.22. The molecule has 2 heteroatoms. The molecular weight excluding hydrogens is 182 g/mol. The maximum Gasteiger partial charge on any atom is 0.0444 e. The van der Waals surface area contributed by atoms with E-state index in [9.17, 15) is 0 Å². The molecule has 1 aromatic carbocycles. The Morgan fingerprint density at radius 1 is 1.38 bits per heavy atom. The van der Waals surface area contributed by atoms with Crippen LogP contribution in [0.15, 0.2) is 24.3 Å². The minimum absolute atomic E-state index is 0.234. The molecular formula is C11H14ClN. The second-order valence-corrected chi connectivity index (χ2v) is 4.37. The molecule has 1 nitrogen and oxygen atoms in total. The zero-order chi connectivity index (χ0) is 9.31. The molecule has 70 valence electrons. The highest BCUT2D eigenvalue weighted by Gasteiger charge is 2.31. The molecule has 1 fully saturated rings. The molecule has 0 saturated carbocycles. The van der Waals surface area contributed by atoms with Crippen molar-refractivity contribution in [3.05, 3.63) is 34.9 Å². The Balaban J connectivity index is 2.39. The predicted octanol–water partition coefficient (Wildman–Crippen LogP) is 2.59. The van der Waals surface area contributed by atoms with Crippen LogP contribution in [0.5, 0.6) is 0 Å². The highest BCUT2D eigenvalue weighted by molar-refractivity contribution is 6.31. The van der Waals surface area contributed by atoms with E-state index in [4.69, 9.17) is 11.6 Å². The summed E-state index contributed by atoms with van der Waals surface area (Å²) in [7, 11) is 0. The highest BCUT2D eigenvalue weighted by Crippen LogP contribution is 2.34. The lowest BCUT2D eigenvalue weighted by molar-refractivity contribution is 0.525. The van der Waals surface area contributed by atoms with Gasteiger partial charge in [0.25, 0.3) is 0 Å². The number of hydrogen-bond acceptors (Lipinski definition) is 1. The van der Waals surface area contributed by atoms with Gasteiger partial charge in [0.15, 0.2) is 0 Å². The first-order valence-corrected chi connectivity index (χ1v) is 5.06. The van der Waals surface area contributed by atoms with E-state index in [1.807, 2.05) is 12.1 Å². The largest absolute Gasteiger partial charge is 0.316 e. The molecule has 0 radical (unpaired) electrons. The van der Waals surface area contributed by atoms with Crippen molar-refractivity contribution in [1.29, 1.82) is 0 Å². The predicted molar refractivity (Wildman–Crippen MR) is 56.3 cm³/mol. The van der Waals surface area contributed by atoms with Crippen molar-refractivity contribution < 1.29 is 0 Å². The quantitative estimate of drug-likeness (QED) is 0.727. The normalized spacial score (nSPS) is 27.8. The number of nitrogens with one attached hydrogen (secondary N) is 1. The third-order valence-electron chi connectivity index (χ3n) is 2.89. The van der Waals surface area contributed by atoms with Gasteiger partial charge in [0.05, 0.1) is 0 Å². The molecule has 0 aliphatic carbocycles. The summed E-state index contributed by atoms with van der Waals surface area (Å²) in [5, 5.41) is 4.28. The molecule has 0 unspecified atom stereocenters. The molecule has 0 amide bonds. The van der Waals surface area contributed by atoms with E-state index in [0.29, 0.717) is 0 Å². The van der Waals surface area contributed by atoms with Crippen molar-refractivity contribution >= 4 is 11.6 Å². The SMILES string of the molecule is C[C@]1(c2ccccc2Cl)CCNC1. The molecule has 1 atom stereocenters. The summed E-state index contributed by atoms with van der Waals surface area (Å²) in [5.41, 5.74) is 1.51. The summed E-state index contributed by atoms with van der Waals surface area (Å²) < 4.78 is 0. The van der Waals surface area contributed by atoms with Gasteiger partial charge in [-0.2, -0.15) is 0 Å². The number of halogens is 1. The van der Waals surface area contributed by atoms with Gasteiger partial charge in [-0.3, -0.25) is 0 Å². The average molecular weight is 196 g/mol. The van der Waals surface area contributed by atoms with E-state index < -0.39 is 0 Å². The van der Waals surface area contributed by atoms with Crippen LogP contribution < -0.4 is 5.32 Å². The third kappa shape index (κ3) is 1.59. The zero-order valence-corrected chi connectivity index (χ0v) is 8.56. The van der Waals surface area contributed by atoms with Crippen LogP contribution in [0.1, 0.15) is 18.9 Å². The molecule has 1 aliphatic rings. The molecule has 1 aromatic rings. The van der Waals surface area contributed by atoms with E-state index in [2.05, 4.69) is 24.4 Å². The van der Waals surface area contributed by atoms with Crippen LogP contribution in [0.4, 0.5) is 0 Å². The molecule has 1 aliphatic heterocycles. The minimum Gasteiger partial charge on any atom is -0.316 e. The van der Waals surface area contributed by atoms with E-state index in [1.165, 1.54) is 12.0 Å². The van der Waals surface area contributed by atoms with Crippen molar-refractivity contribution in [2.75, 3.05) is 13.1 Å². The van der Waals surface area contributed by atoms with Gasteiger partial charge in [-0.25, -0.2) is 0 Å². The Hall–Kier alpha value is -0.530. The van der Waals surface area contributed by atoms with E-state index >= 15 is 0 Å². The Kier molecular flexibility index (Phi) is 2.31. The van der Waals surface area contributed by atoms with Gasteiger partial charge >= 0.3 is 0 Å². The second kappa shape index (κ2) is 3.32. The number of rotatable bonds is 1. The van der Waals surface area contributed by atoms with Crippen molar-refractivity contribution in [2.45, 2.75) is 18.8 Å². The minimum atomic E-state index is 0.234. The molecule has 0 aromatic heterocycles. The van der Waals surface area contributed by atoms with Gasteiger partial charge in [-0.05, 0) is 24.6 Å². The van der Waals surface area contributed by atoms with E-state index in [0.717, 1.165) is 18.1 Å². The van der Waals surface area contributed by atoms with Crippen molar-refractivity contribution in [3.8, 4) is 0 Å². The van der Waals surface area contributed by atoms with E-state index in [-0.39, 0.29) is 5.41 Å². The lowest BCUT2D eigenvalue weighted by Crippen LogP contribution is -2.25. The van der Waals surface area contributed by atoms with Crippen LogP contribution in [-0.4, -0.2) is 13.1 Å². The first-order valence-electron chi connectivity index (χ1n) is 4.68. The molecule has 1 saturated heterocycles. The lowest BCUT2D eigenvalue weighted by atomic mass is 9.82. The second-order valence-electron chi connectivity index (χ2n) is 3.97. The van der Waals surface area contributed by atoms with Crippen molar-refractivity contribution in [2.24, 2.45) is 0 Å². The van der Waals surface area contributed by atoms with Crippen LogP contribution >= 0.6 is 11.6 Å². The monoisotopic (exact) mass is 195 g/mol. The highest BCUT2D eigenvalue weighted by atomic mass is 35.5. The Morgan fingerprint density at radius 2 is 2.15 bits per heavy atom. The topological polar surface area (TPSA) is 12.0 Å². The summed E-state index contributed by atoms with van der Waals surface area (Å²) in [6.45, 7) is 4.41. The summed E-state index contributed by atoms with van der Waals surface area (Å²) in [6, 6.07) is 8.15. The Bertz CT molecular complexity index is 303. The standard InChI is InChI=1S/C11H14ClN/c1-11(6-7-13-8-11)9-4-2-3-5-10(9)12/h2-5,13H,6-8H2,1H3/t11-/m0/s1. The van der Waals surface area contributed by atoms with Crippen LogP contribution in [0.2, 0.25) is 5.02 Å². The van der Waals surface area contributed by atoms with Gasteiger partial charge in [0.1, 0.15) is 0 Å². The summed E-state index contributed by atoms with van der Waals surface area (Å²) in [5.74, 6) is 0. The fraction of sp³-hybridized carbons (Fsp3) is 0.455. The molecule has 0 spiro atoms. The van der Waals surface area contributed by atoms with Gasteiger partial charge in [0, 0.05) is 17.0 Å². The zero-order valence-electron chi connectivity index (χ0n) is 7.81. The van der Waals surface area contributed by atoms with Crippen molar-refractivity contribution in [1.82, 2.24) is 5.32 Å². The maximum atomic E-state index is 6.17. The van der Waals surface area contributed by atoms with Crippen LogP contribution in [0, 0.1) is 0 Å². The fourth-order valence-corrected chi connectivity index (χ4v) is 2.36. The van der Waals surface area contributed by atoms with E-state index in [1.54, 1.807) is 0 Å². The molecule has 1 N–H and O–H groups in total. The van der Waals surface area contributed by atoms with Crippen LogP contribution in [0.25, 0.3) is 0 Å². The van der Waals surface area contributed by atoms with Crippen LogP contribution in [-0.2, 0) is 5.41 Å². The molecule has 13 heavy (non-hydrogen) atoms. The van der Waals surface area contributed by atoms with Gasteiger partial charge in [-0.1, -0.05) is 36.7 Å². The van der Waals surface area contributed by atoms with Gasteiger partial charge < -0.3 is 5.32 Å². The smallest absolute Gasteiger partial charge is 0.0444 e. The fourth-order valence-electron chi connectivity index (χ4n) is 2.00. The van der Waals surface area contributed by atoms with Gasteiger partial charge in [-0.15, -0.1) is 0 Å². The summed E-state index contributed by atoms with van der Waals surface area (Å²) in [4.78, 5) is 0. The van der Waals surface area contributed by atoms with Crippen LogP contribution in [0.3, 0.4) is 0 Å². The summed E-state index contributed by atoms with van der Waals surface area (Å²) in [6.07, 6.45) is 1.18. The number of hydrogen-bond donors (Lipinski definition) is 1. The molecule has 2 rings (SSSR count). The lowest BCUT2D eigenvalue weighted by Gasteiger charge is -2.24. The average Bonchev–Trinajstić information content (AvgIpc) is 2.54. The first kappa shape index (κ1) is 9.04. The maximum absolute atomic E-state index is 6.17. The Labute approximate surface area is 84.1 Å². The summed E-state index contributed by atoms with van der Waals surface area (Å²) >= 11 is 6.17. The van der Waals surface area contributed by atoms with Gasteiger partial charge in [0.2, 0.25) is 0 Å². The first-order chi connectivity index (χ1) is 6.22. The number of benzene rings is 1. The van der Waals surface area contributed by atoms with Crippen molar-refractivity contribution in [3.63, 3.8) is 0 Å². The Morgan fingerprint density at radius 3 is 2.77 bits per heavy atom.